The van der Waals surface area contributed by atoms with Crippen LogP contribution in [-0.2, 0) is 14.6 Å². The Morgan fingerprint density at radius 2 is 2.23 bits per heavy atom. The molecule has 2 rings (SSSR count). The highest BCUT2D eigenvalue weighted by Gasteiger charge is 2.32. The molecule has 0 bridgehead atoms. The van der Waals surface area contributed by atoms with Crippen molar-refractivity contribution in [2.75, 3.05) is 25.2 Å². The minimum atomic E-state index is -3.04. The maximum absolute atomic E-state index is 12.1. The Morgan fingerprint density at radius 3 is 2.82 bits per heavy atom. The second kappa shape index (κ2) is 6.78. The van der Waals surface area contributed by atoms with Gasteiger partial charge in [0.1, 0.15) is 5.75 Å². The zero-order valence-electron chi connectivity index (χ0n) is 12.0. The Bertz CT molecular complexity index is 688. The number of carbonyl (C=O) groups is 2. The van der Waals surface area contributed by atoms with Crippen molar-refractivity contribution < 1.29 is 22.7 Å². The summed E-state index contributed by atoms with van der Waals surface area (Å²) in [6.07, 6.45) is 1.10. The van der Waals surface area contributed by atoms with Crippen LogP contribution in [0.3, 0.4) is 0 Å². The van der Waals surface area contributed by atoms with Crippen LogP contribution in [0.25, 0.3) is 0 Å². The molecule has 0 N–H and O–H groups in total. The van der Waals surface area contributed by atoms with Crippen molar-refractivity contribution in [3.8, 4) is 5.75 Å². The van der Waals surface area contributed by atoms with Gasteiger partial charge in [0.05, 0.1) is 17.1 Å². The first-order chi connectivity index (χ1) is 10.3. The summed E-state index contributed by atoms with van der Waals surface area (Å²) in [5, 5.41) is 0. The van der Waals surface area contributed by atoms with E-state index in [4.69, 9.17) is 4.74 Å². The fourth-order valence-electron chi connectivity index (χ4n) is 2.27. The van der Waals surface area contributed by atoms with E-state index >= 15 is 0 Å². The van der Waals surface area contributed by atoms with Gasteiger partial charge in [0.2, 0.25) is 0 Å². The first kappa shape index (κ1) is 17.0. The molecule has 0 unspecified atom stereocenters. The summed E-state index contributed by atoms with van der Waals surface area (Å²) in [5.41, 5.74) is 0.341. The van der Waals surface area contributed by atoms with E-state index in [1.807, 2.05) is 0 Å². The predicted octanol–water partition coefficient (Wildman–Crippen LogP) is 1.29. The van der Waals surface area contributed by atoms with Crippen LogP contribution in [0.15, 0.2) is 22.7 Å². The number of nitrogens with zero attached hydrogens (tertiary/aromatic N) is 1. The van der Waals surface area contributed by atoms with Gasteiger partial charge in [-0.1, -0.05) is 15.9 Å². The molecule has 1 fully saturated rings. The van der Waals surface area contributed by atoms with Gasteiger partial charge in [0, 0.05) is 17.6 Å². The lowest BCUT2D eigenvalue weighted by atomic mass is 10.2. The molecule has 1 heterocycles. The van der Waals surface area contributed by atoms with Crippen LogP contribution in [0, 0.1) is 0 Å². The number of likely N-dealkylation sites (N-methyl/N-ethyl adjacent to an activating group) is 1. The van der Waals surface area contributed by atoms with E-state index in [0.717, 1.165) is 4.47 Å². The third kappa shape index (κ3) is 4.07. The molecule has 1 atom stereocenters. The van der Waals surface area contributed by atoms with Gasteiger partial charge in [0.15, 0.2) is 22.7 Å². The fraction of sp³-hybridized carbons (Fsp3) is 0.429. The van der Waals surface area contributed by atoms with E-state index < -0.39 is 9.84 Å². The van der Waals surface area contributed by atoms with Crippen LogP contribution in [0.4, 0.5) is 0 Å². The Labute approximate surface area is 137 Å². The molecule has 8 heteroatoms. The lowest BCUT2D eigenvalue weighted by molar-refractivity contribution is -0.133. The first-order valence-electron chi connectivity index (χ1n) is 6.66. The predicted molar refractivity (Wildman–Crippen MR) is 84.9 cm³/mol. The molecule has 0 spiro atoms. The van der Waals surface area contributed by atoms with Crippen LogP contribution in [0.1, 0.15) is 16.8 Å². The third-order valence-electron chi connectivity index (χ3n) is 3.60. The van der Waals surface area contributed by atoms with E-state index in [9.17, 15) is 18.0 Å². The molecule has 120 valence electrons. The molecule has 1 aromatic carbocycles. The molecule has 0 saturated carbocycles. The number of halogens is 1. The average Bonchev–Trinajstić information content (AvgIpc) is 2.84. The number of aldehydes is 1. The Balaban J connectivity index is 1.97. The van der Waals surface area contributed by atoms with Crippen molar-refractivity contribution >= 4 is 38.0 Å². The molecule has 1 saturated heterocycles. The molecule has 1 aliphatic heterocycles. The van der Waals surface area contributed by atoms with Crippen molar-refractivity contribution in [2.45, 2.75) is 12.5 Å². The van der Waals surface area contributed by atoms with Crippen molar-refractivity contribution in [2.24, 2.45) is 0 Å². The lowest BCUT2D eigenvalue weighted by Gasteiger charge is -2.23. The van der Waals surface area contributed by atoms with Gasteiger partial charge < -0.3 is 9.64 Å². The highest BCUT2D eigenvalue weighted by Crippen LogP contribution is 2.22. The Kier molecular flexibility index (Phi) is 5.23. The van der Waals surface area contributed by atoms with Gasteiger partial charge in [-0.25, -0.2) is 8.42 Å². The van der Waals surface area contributed by atoms with Crippen LogP contribution in [-0.4, -0.2) is 56.7 Å². The van der Waals surface area contributed by atoms with Crippen molar-refractivity contribution in [1.82, 2.24) is 4.90 Å². The number of benzene rings is 1. The standard InChI is InChI=1S/C14H16BrNO5S/c1-16(12-4-5-22(19,20)9-12)14(18)8-21-13-3-2-11(15)6-10(13)7-17/h2-3,6-7,12H,4-5,8-9H2,1H3/t12-/m1/s1. The molecule has 0 aromatic heterocycles. The minimum Gasteiger partial charge on any atom is -0.483 e. The Morgan fingerprint density at radius 1 is 1.50 bits per heavy atom. The van der Waals surface area contributed by atoms with Crippen LogP contribution >= 0.6 is 15.9 Å². The average molecular weight is 390 g/mol. The van der Waals surface area contributed by atoms with Gasteiger partial charge in [-0.05, 0) is 24.6 Å². The highest BCUT2D eigenvalue weighted by atomic mass is 79.9. The van der Waals surface area contributed by atoms with Crippen LogP contribution in [0.2, 0.25) is 0 Å². The molecule has 0 radical (unpaired) electrons. The van der Waals surface area contributed by atoms with Crippen LogP contribution < -0.4 is 4.74 Å². The molecule has 6 nitrogen and oxygen atoms in total. The van der Waals surface area contributed by atoms with Gasteiger partial charge in [-0.15, -0.1) is 0 Å². The minimum absolute atomic E-state index is 0.00683. The first-order valence-corrected chi connectivity index (χ1v) is 9.27. The van der Waals surface area contributed by atoms with E-state index in [0.29, 0.717) is 24.0 Å². The van der Waals surface area contributed by atoms with Crippen molar-refractivity contribution in [3.63, 3.8) is 0 Å². The maximum Gasteiger partial charge on any atom is 0.260 e. The zero-order valence-corrected chi connectivity index (χ0v) is 14.4. The number of rotatable bonds is 5. The summed E-state index contributed by atoms with van der Waals surface area (Å²) >= 11 is 3.25. The smallest absolute Gasteiger partial charge is 0.260 e. The third-order valence-corrected chi connectivity index (χ3v) is 5.84. The van der Waals surface area contributed by atoms with Gasteiger partial charge >= 0.3 is 0 Å². The number of carbonyl (C=O) groups excluding carboxylic acids is 2. The van der Waals surface area contributed by atoms with E-state index in [1.165, 1.54) is 4.90 Å². The summed E-state index contributed by atoms with van der Waals surface area (Å²) in [4.78, 5) is 24.5. The second-order valence-electron chi connectivity index (χ2n) is 5.15. The molecule has 1 aliphatic rings. The van der Waals surface area contributed by atoms with E-state index in [1.54, 1.807) is 25.2 Å². The van der Waals surface area contributed by atoms with Gasteiger partial charge in [0.25, 0.3) is 5.91 Å². The topological polar surface area (TPSA) is 80.8 Å². The second-order valence-corrected chi connectivity index (χ2v) is 8.29. The van der Waals surface area contributed by atoms with Gasteiger partial charge in [-0.3, -0.25) is 9.59 Å². The summed E-state index contributed by atoms with van der Waals surface area (Å²) in [6.45, 7) is -0.241. The Hall–Kier alpha value is -1.41. The number of ether oxygens (including phenoxy) is 1. The fourth-order valence-corrected chi connectivity index (χ4v) is 4.42. The number of sulfone groups is 1. The van der Waals surface area contributed by atoms with E-state index in [-0.39, 0.29) is 30.1 Å². The number of amides is 1. The molecular weight excluding hydrogens is 374 g/mol. The quantitative estimate of drug-likeness (QED) is 0.708. The van der Waals surface area contributed by atoms with Crippen molar-refractivity contribution in [1.29, 1.82) is 0 Å². The molecule has 1 amide bonds. The van der Waals surface area contributed by atoms with Crippen molar-refractivity contribution in [3.05, 3.63) is 28.2 Å². The number of hydrogen-bond acceptors (Lipinski definition) is 5. The monoisotopic (exact) mass is 389 g/mol. The molecule has 1 aromatic rings. The van der Waals surface area contributed by atoms with Gasteiger partial charge in [-0.2, -0.15) is 0 Å². The normalized spacial score (nSPS) is 19.6. The highest BCUT2D eigenvalue weighted by molar-refractivity contribution is 9.10. The van der Waals surface area contributed by atoms with E-state index in [2.05, 4.69) is 15.9 Å². The summed E-state index contributed by atoms with van der Waals surface area (Å²) in [7, 11) is -1.47. The maximum atomic E-state index is 12.1. The largest absolute Gasteiger partial charge is 0.483 e. The molecule has 22 heavy (non-hydrogen) atoms. The SMILES string of the molecule is CN(C(=O)COc1ccc(Br)cc1C=O)[C@@H]1CCS(=O)(=O)C1. The molecule has 0 aliphatic carbocycles. The van der Waals surface area contributed by atoms with Crippen LogP contribution in [0.5, 0.6) is 5.75 Å². The number of hydrogen-bond donors (Lipinski definition) is 0. The summed E-state index contributed by atoms with van der Waals surface area (Å²) in [6, 6.07) is 4.60. The summed E-state index contributed by atoms with van der Waals surface area (Å²) < 4.78 is 29.0. The zero-order chi connectivity index (χ0) is 16.3. The molecular formula is C14H16BrNO5S. The summed E-state index contributed by atoms with van der Waals surface area (Å²) in [5.74, 6) is 0.103. The lowest BCUT2D eigenvalue weighted by Crippen LogP contribution is -2.40.